The van der Waals surface area contributed by atoms with E-state index in [2.05, 4.69) is 0 Å². The molecule has 0 heterocycles. The Balaban J connectivity index is 1.70. The van der Waals surface area contributed by atoms with E-state index in [1.54, 1.807) is 12.1 Å². The number of phosphoric acid groups is 1. The number of ether oxygens (including phenoxy) is 1. The number of carbonyl (C=O) groups is 2. The summed E-state index contributed by atoms with van der Waals surface area (Å²) < 4.78 is 34.7. The third kappa shape index (κ3) is 7.25. The lowest BCUT2D eigenvalue weighted by Gasteiger charge is -2.18. The van der Waals surface area contributed by atoms with Crippen molar-refractivity contribution in [3.05, 3.63) is 102 Å². The van der Waals surface area contributed by atoms with Gasteiger partial charge in [0.1, 0.15) is 12.4 Å². The zero-order valence-electron chi connectivity index (χ0n) is 17.5. The van der Waals surface area contributed by atoms with E-state index in [0.717, 1.165) is 11.1 Å². The van der Waals surface area contributed by atoms with Crippen molar-refractivity contribution in [2.24, 2.45) is 0 Å². The molecule has 0 aliphatic rings. The highest BCUT2D eigenvalue weighted by atomic mass is 31.2. The first-order valence-electron chi connectivity index (χ1n) is 9.87. The van der Waals surface area contributed by atoms with Gasteiger partial charge in [-0.05, 0) is 23.3 Å². The monoisotopic (exact) mass is 454 g/mol. The summed E-state index contributed by atoms with van der Waals surface area (Å²) in [6.07, 6.45) is 0. The number of ketones is 1. The van der Waals surface area contributed by atoms with E-state index >= 15 is 0 Å². The van der Waals surface area contributed by atoms with E-state index in [1.807, 2.05) is 60.7 Å². The van der Waals surface area contributed by atoms with Crippen LogP contribution in [0.2, 0.25) is 0 Å². The fraction of sp³-hybridized carbons (Fsp3) is 0.167. The Bertz CT molecular complexity index is 1040. The minimum atomic E-state index is -4.10. The maximum absolute atomic E-state index is 13.3. The molecule has 0 spiro atoms. The second-order valence-electron chi connectivity index (χ2n) is 6.75. The topological polar surface area (TPSA) is 88.1 Å². The maximum atomic E-state index is 13.3. The molecule has 0 aliphatic heterocycles. The molecule has 0 fully saturated rings. The van der Waals surface area contributed by atoms with Crippen molar-refractivity contribution in [3.63, 3.8) is 0 Å². The molecular weight excluding hydrogens is 431 g/mol. The van der Waals surface area contributed by atoms with Crippen molar-refractivity contribution in [2.45, 2.75) is 20.1 Å². The van der Waals surface area contributed by atoms with Crippen LogP contribution in [0.15, 0.2) is 84.9 Å². The van der Waals surface area contributed by atoms with Crippen LogP contribution in [0.4, 0.5) is 0 Å². The summed E-state index contributed by atoms with van der Waals surface area (Å²) in [5.41, 5.74) is 1.66. The minimum absolute atomic E-state index is 0.0227. The number of Topliss-reactive ketones (excluding diaryl/α,β-unsaturated/α-hetero) is 1. The molecule has 0 amide bonds. The van der Waals surface area contributed by atoms with E-state index in [1.165, 1.54) is 19.1 Å². The highest BCUT2D eigenvalue weighted by Gasteiger charge is 2.29. The first-order valence-corrected chi connectivity index (χ1v) is 11.3. The molecule has 0 radical (unpaired) electrons. The Morgan fingerprint density at radius 1 is 0.719 bits per heavy atom. The Morgan fingerprint density at radius 2 is 1.22 bits per heavy atom. The first kappa shape index (κ1) is 23.6. The largest absolute Gasteiger partial charge is 0.475 e. The molecule has 0 N–H and O–H groups in total. The molecule has 0 unspecified atom stereocenters. The molecule has 0 saturated carbocycles. The quantitative estimate of drug-likeness (QED) is 0.167. The summed E-state index contributed by atoms with van der Waals surface area (Å²) in [7, 11) is -4.10. The van der Waals surface area contributed by atoms with Crippen LogP contribution in [0.3, 0.4) is 0 Å². The normalized spacial score (nSPS) is 11.2. The molecule has 166 valence electrons. The molecule has 3 rings (SSSR count). The number of hydrogen-bond donors (Lipinski definition) is 0. The van der Waals surface area contributed by atoms with Gasteiger partial charge in [0.2, 0.25) is 0 Å². The van der Waals surface area contributed by atoms with Crippen LogP contribution in [-0.2, 0) is 36.1 Å². The van der Waals surface area contributed by atoms with Gasteiger partial charge < -0.3 is 4.74 Å². The van der Waals surface area contributed by atoms with Crippen LogP contribution in [0.5, 0.6) is 5.75 Å². The summed E-state index contributed by atoms with van der Waals surface area (Å²) in [4.78, 5) is 24.0. The lowest BCUT2D eigenvalue weighted by atomic mass is 10.1. The second kappa shape index (κ2) is 11.5. The van der Waals surface area contributed by atoms with Crippen molar-refractivity contribution < 1.29 is 32.5 Å². The van der Waals surface area contributed by atoms with Crippen LogP contribution in [0, 0.1) is 0 Å². The smallest absolute Gasteiger partial charge is 0.426 e. The standard InChI is InChI=1S/C24H23O7P/c1-19(25)31-24-15-9-8-14-22(24)23(26)18-30-32(27,28-16-20-10-4-2-5-11-20)29-17-21-12-6-3-7-13-21/h2-15H,16-18H2,1H3. The van der Waals surface area contributed by atoms with E-state index in [-0.39, 0.29) is 24.5 Å². The van der Waals surface area contributed by atoms with Gasteiger partial charge in [0, 0.05) is 6.92 Å². The SMILES string of the molecule is CC(=O)Oc1ccccc1C(=O)COP(=O)(OCc1ccccc1)OCc1ccccc1. The van der Waals surface area contributed by atoms with Gasteiger partial charge in [-0.1, -0.05) is 72.8 Å². The molecule has 0 atom stereocenters. The minimum Gasteiger partial charge on any atom is -0.426 e. The lowest BCUT2D eigenvalue weighted by Crippen LogP contribution is -2.13. The molecular formula is C24H23O7P. The van der Waals surface area contributed by atoms with E-state index in [9.17, 15) is 14.2 Å². The van der Waals surface area contributed by atoms with Crippen LogP contribution >= 0.6 is 7.82 Å². The number of carbonyl (C=O) groups excluding carboxylic acids is 2. The fourth-order valence-electron chi connectivity index (χ4n) is 2.72. The number of para-hydroxylation sites is 1. The fourth-order valence-corrected chi connectivity index (χ4v) is 3.84. The third-order valence-electron chi connectivity index (χ3n) is 4.26. The van der Waals surface area contributed by atoms with Gasteiger partial charge >= 0.3 is 13.8 Å². The zero-order valence-corrected chi connectivity index (χ0v) is 18.4. The molecule has 7 nitrogen and oxygen atoms in total. The van der Waals surface area contributed by atoms with Gasteiger partial charge in [-0.2, -0.15) is 0 Å². The van der Waals surface area contributed by atoms with Crippen molar-refractivity contribution in [1.82, 2.24) is 0 Å². The number of hydrogen-bond acceptors (Lipinski definition) is 7. The van der Waals surface area contributed by atoms with Crippen LogP contribution < -0.4 is 4.74 Å². The Labute approximate surface area is 186 Å². The summed E-state index contributed by atoms with van der Waals surface area (Å²) in [6.45, 7) is 0.607. The van der Waals surface area contributed by atoms with Crippen molar-refractivity contribution >= 4 is 19.6 Å². The van der Waals surface area contributed by atoms with Crippen molar-refractivity contribution in [2.75, 3.05) is 6.61 Å². The number of esters is 1. The molecule has 32 heavy (non-hydrogen) atoms. The predicted molar refractivity (Wildman–Crippen MR) is 118 cm³/mol. The maximum Gasteiger partial charge on any atom is 0.475 e. The number of rotatable bonds is 11. The summed E-state index contributed by atoms with van der Waals surface area (Å²) in [5, 5.41) is 0. The van der Waals surface area contributed by atoms with Gasteiger partial charge in [-0.25, -0.2) is 4.57 Å². The van der Waals surface area contributed by atoms with Gasteiger partial charge in [-0.15, -0.1) is 0 Å². The number of phosphoric ester groups is 1. The third-order valence-corrected chi connectivity index (χ3v) is 5.60. The average molecular weight is 454 g/mol. The van der Waals surface area contributed by atoms with Crippen molar-refractivity contribution in [3.8, 4) is 5.75 Å². The van der Waals surface area contributed by atoms with Crippen molar-refractivity contribution in [1.29, 1.82) is 0 Å². The highest BCUT2D eigenvalue weighted by Crippen LogP contribution is 2.51. The van der Waals surface area contributed by atoms with E-state index in [4.69, 9.17) is 18.3 Å². The molecule has 0 aliphatic carbocycles. The lowest BCUT2D eigenvalue weighted by molar-refractivity contribution is -0.131. The average Bonchev–Trinajstić information content (AvgIpc) is 2.81. The van der Waals surface area contributed by atoms with Crippen LogP contribution in [0.25, 0.3) is 0 Å². The van der Waals surface area contributed by atoms with E-state index in [0.29, 0.717) is 0 Å². The Kier molecular flexibility index (Phi) is 8.48. The molecule has 0 saturated heterocycles. The van der Waals surface area contributed by atoms with Gasteiger partial charge in [0.05, 0.1) is 18.8 Å². The Hall–Kier alpha value is -3.09. The molecule has 8 heteroatoms. The molecule has 0 bridgehead atoms. The Morgan fingerprint density at radius 3 is 1.75 bits per heavy atom. The molecule has 3 aromatic carbocycles. The number of benzene rings is 3. The molecule has 3 aromatic rings. The summed E-state index contributed by atoms with van der Waals surface area (Å²) in [6, 6.07) is 24.5. The van der Waals surface area contributed by atoms with Gasteiger partial charge in [0.25, 0.3) is 0 Å². The van der Waals surface area contributed by atoms with Gasteiger partial charge in [0.15, 0.2) is 5.78 Å². The summed E-state index contributed by atoms with van der Waals surface area (Å²) >= 11 is 0. The predicted octanol–water partition coefficient (Wildman–Crippen LogP) is 5.35. The highest BCUT2D eigenvalue weighted by molar-refractivity contribution is 7.48. The summed E-state index contributed by atoms with van der Waals surface area (Å²) in [5.74, 6) is -0.998. The van der Waals surface area contributed by atoms with E-state index < -0.39 is 26.2 Å². The van der Waals surface area contributed by atoms with Crippen LogP contribution in [0.1, 0.15) is 28.4 Å². The molecule has 0 aromatic heterocycles. The zero-order chi connectivity index (χ0) is 22.8. The van der Waals surface area contributed by atoms with Crippen LogP contribution in [-0.4, -0.2) is 18.4 Å². The van der Waals surface area contributed by atoms with Gasteiger partial charge in [-0.3, -0.25) is 23.2 Å². The first-order chi connectivity index (χ1) is 15.5. The second-order valence-corrected chi connectivity index (χ2v) is 8.42.